The normalized spacial score (nSPS) is 11.8. The van der Waals surface area contributed by atoms with Gasteiger partial charge in [-0.3, -0.25) is 0 Å². The monoisotopic (exact) mass is 422 g/mol. The molecule has 0 saturated heterocycles. The largest absolute Gasteiger partial charge is 0.312 e. The van der Waals surface area contributed by atoms with E-state index < -0.39 is 0 Å². The van der Waals surface area contributed by atoms with Gasteiger partial charge in [-0.25, -0.2) is 9.38 Å². The Balaban J connectivity index is 1.87. The van der Waals surface area contributed by atoms with Crippen LogP contribution in [0.5, 0.6) is 0 Å². The molecule has 0 fully saturated rings. The number of hydrogen-bond acceptors (Lipinski definition) is 2. The molecule has 3 aromatic carbocycles. The van der Waals surface area contributed by atoms with Crippen molar-refractivity contribution in [3.8, 4) is 11.3 Å². The number of benzene rings is 3. The van der Waals surface area contributed by atoms with E-state index in [1.54, 1.807) is 23.5 Å². The van der Waals surface area contributed by atoms with Crippen LogP contribution < -0.4 is 4.80 Å². The van der Waals surface area contributed by atoms with Gasteiger partial charge in [-0.2, -0.15) is 0 Å². The first-order valence-corrected chi connectivity index (χ1v) is 10.6. The zero-order chi connectivity index (χ0) is 20.4. The SMILES string of the molecule is Cc1ccc(C)c(-c2csc(=Nc3ccc(F)cc3)n2Cc2ccc(Cl)cc2)c1. The predicted molar refractivity (Wildman–Crippen MR) is 119 cm³/mol. The van der Waals surface area contributed by atoms with Crippen molar-refractivity contribution in [1.82, 2.24) is 4.57 Å². The van der Waals surface area contributed by atoms with Gasteiger partial charge in [-0.05, 0) is 67.4 Å². The molecule has 0 aliphatic rings. The van der Waals surface area contributed by atoms with Gasteiger partial charge in [0.2, 0.25) is 0 Å². The van der Waals surface area contributed by atoms with Crippen LogP contribution in [0.4, 0.5) is 10.1 Å². The summed E-state index contributed by atoms with van der Waals surface area (Å²) in [5.74, 6) is -0.264. The van der Waals surface area contributed by atoms with Gasteiger partial charge in [0, 0.05) is 16.0 Å². The third-order valence-electron chi connectivity index (χ3n) is 4.77. The van der Waals surface area contributed by atoms with Crippen LogP contribution in [-0.2, 0) is 6.54 Å². The van der Waals surface area contributed by atoms with Crippen LogP contribution in [0.25, 0.3) is 11.3 Å². The molecule has 5 heteroatoms. The highest BCUT2D eigenvalue weighted by molar-refractivity contribution is 7.07. The Kier molecular flexibility index (Phi) is 5.65. The van der Waals surface area contributed by atoms with Gasteiger partial charge < -0.3 is 4.57 Å². The van der Waals surface area contributed by atoms with Crippen molar-refractivity contribution in [1.29, 1.82) is 0 Å². The van der Waals surface area contributed by atoms with Crippen molar-refractivity contribution in [2.24, 2.45) is 4.99 Å². The molecule has 0 atom stereocenters. The summed E-state index contributed by atoms with van der Waals surface area (Å²) >= 11 is 7.64. The van der Waals surface area contributed by atoms with E-state index in [2.05, 4.69) is 42.0 Å². The molecule has 0 bridgehead atoms. The van der Waals surface area contributed by atoms with Crippen LogP contribution in [-0.4, -0.2) is 4.57 Å². The van der Waals surface area contributed by atoms with Crippen molar-refractivity contribution < 1.29 is 4.39 Å². The molecule has 0 aliphatic carbocycles. The second-order valence-corrected chi connectivity index (χ2v) is 8.30. The van der Waals surface area contributed by atoms with Crippen molar-refractivity contribution >= 4 is 28.6 Å². The van der Waals surface area contributed by atoms with E-state index in [1.807, 2.05) is 24.3 Å². The first-order valence-electron chi connectivity index (χ1n) is 9.30. The number of rotatable bonds is 4. The number of nitrogens with zero attached hydrogens (tertiary/aromatic N) is 2. The van der Waals surface area contributed by atoms with Crippen LogP contribution in [0.15, 0.2) is 77.1 Å². The maximum atomic E-state index is 13.3. The zero-order valence-electron chi connectivity index (χ0n) is 16.2. The smallest absolute Gasteiger partial charge is 0.190 e. The molecule has 0 amide bonds. The van der Waals surface area contributed by atoms with Gasteiger partial charge in [-0.1, -0.05) is 41.4 Å². The molecule has 0 aliphatic heterocycles. The van der Waals surface area contributed by atoms with Crippen molar-refractivity contribution in [2.45, 2.75) is 20.4 Å². The van der Waals surface area contributed by atoms with E-state index in [-0.39, 0.29) is 5.82 Å². The summed E-state index contributed by atoms with van der Waals surface area (Å²) in [7, 11) is 0. The maximum Gasteiger partial charge on any atom is 0.190 e. The van der Waals surface area contributed by atoms with Gasteiger partial charge in [-0.15, -0.1) is 11.3 Å². The van der Waals surface area contributed by atoms with E-state index in [9.17, 15) is 4.39 Å². The lowest BCUT2D eigenvalue weighted by atomic mass is 10.0. The quantitative estimate of drug-likeness (QED) is 0.340. The molecule has 146 valence electrons. The summed E-state index contributed by atoms with van der Waals surface area (Å²) in [6.45, 7) is 4.89. The molecule has 1 aromatic heterocycles. The Morgan fingerprint density at radius 3 is 2.41 bits per heavy atom. The second kappa shape index (κ2) is 8.36. The van der Waals surface area contributed by atoms with E-state index in [4.69, 9.17) is 16.6 Å². The third kappa shape index (κ3) is 4.50. The molecular formula is C24H20ClFN2S. The predicted octanol–water partition coefficient (Wildman–Crippen LogP) is 6.91. The van der Waals surface area contributed by atoms with E-state index in [0.717, 1.165) is 26.8 Å². The minimum atomic E-state index is -0.264. The van der Waals surface area contributed by atoms with Crippen molar-refractivity contribution in [2.75, 3.05) is 0 Å². The topological polar surface area (TPSA) is 17.3 Å². The van der Waals surface area contributed by atoms with Crippen molar-refractivity contribution in [3.63, 3.8) is 0 Å². The number of aryl methyl sites for hydroxylation is 2. The molecule has 1 heterocycles. The lowest BCUT2D eigenvalue weighted by molar-refractivity contribution is 0.628. The fourth-order valence-electron chi connectivity index (χ4n) is 3.20. The first kappa shape index (κ1) is 19.6. The summed E-state index contributed by atoms with van der Waals surface area (Å²) in [5.41, 5.74) is 6.60. The zero-order valence-corrected chi connectivity index (χ0v) is 17.8. The fraction of sp³-hybridized carbons (Fsp3) is 0.125. The molecule has 4 rings (SSSR count). The average molecular weight is 423 g/mol. The third-order valence-corrected chi connectivity index (χ3v) is 5.89. The lowest BCUT2D eigenvalue weighted by Crippen LogP contribution is -2.17. The number of halogens is 2. The molecule has 0 N–H and O–H groups in total. The molecule has 2 nitrogen and oxygen atoms in total. The van der Waals surface area contributed by atoms with Crippen LogP contribution in [0, 0.1) is 19.7 Å². The highest BCUT2D eigenvalue weighted by atomic mass is 35.5. The second-order valence-electron chi connectivity index (χ2n) is 7.02. The molecule has 4 aromatic rings. The lowest BCUT2D eigenvalue weighted by Gasteiger charge is -2.12. The van der Waals surface area contributed by atoms with E-state index in [0.29, 0.717) is 6.54 Å². The summed E-state index contributed by atoms with van der Waals surface area (Å²) in [4.78, 5) is 5.65. The van der Waals surface area contributed by atoms with E-state index >= 15 is 0 Å². The van der Waals surface area contributed by atoms with Gasteiger partial charge >= 0.3 is 0 Å². The Labute approximate surface area is 178 Å². The molecular weight excluding hydrogens is 403 g/mol. The Hall–Kier alpha value is -2.69. The minimum absolute atomic E-state index is 0.264. The highest BCUT2D eigenvalue weighted by Gasteiger charge is 2.12. The maximum absolute atomic E-state index is 13.3. The van der Waals surface area contributed by atoms with Crippen LogP contribution >= 0.6 is 22.9 Å². The highest BCUT2D eigenvalue weighted by Crippen LogP contribution is 2.26. The molecule has 0 spiro atoms. The molecule has 0 saturated carbocycles. The number of hydrogen-bond donors (Lipinski definition) is 0. The summed E-state index contributed by atoms with van der Waals surface area (Å²) in [6, 6.07) is 20.6. The van der Waals surface area contributed by atoms with Crippen LogP contribution in [0.3, 0.4) is 0 Å². The number of thiazole rings is 1. The first-order chi connectivity index (χ1) is 14.0. The summed E-state index contributed by atoms with van der Waals surface area (Å²) in [6.07, 6.45) is 0. The van der Waals surface area contributed by atoms with Crippen molar-refractivity contribution in [3.05, 3.63) is 104 Å². The summed E-state index contributed by atoms with van der Waals surface area (Å²) in [5, 5.41) is 2.86. The Morgan fingerprint density at radius 1 is 0.966 bits per heavy atom. The molecule has 0 radical (unpaired) electrons. The van der Waals surface area contributed by atoms with Gasteiger partial charge in [0.25, 0.3) is 0 Å². The minimum Gasteiger partial charge on any atom is -0.312 e. The summed E-state index contributed by atoms with van der Waals surface area (Å²) < 4.78 is 15.5. The average Bonchev–Trinajstić information content (AvgIpc) is 3.09. The van der Waals surface area contributed by atoms with Crippen LogP contribution in [0.1, 0.15) is 16.7 Å². The Bertz CT molecular complexity index is 1210. The molecule has 29 heavy (non-hydrogen) atoms. The Morgan fingerprint density at radius 2 is 1.69 bits per heavy atom. The number of aromatic nitrogens is 1. The van der Waals surface area contributed by atoms with E-state index in [1.165, 1.54) is 28.8 Å². The standard InChI is InChI=1S/C24H20ClFN2S/c1-16-3-4-17(2)22(13-16)23-15-29-24(27-21-11-9-20(26)10-12-21)28(23)14-18-5-7-19(25)8-6-18/h3-13,15H,14H2,1-2H3. The fourth-order valence-corrected chi connectivity index (χ4v) is 4.24. The molecule has 0 unspecified atom stereocenters. The van der Waals surface area contributed by atoms with Gasteiger partial charge in [0.05, 0.1) is 17.9 Å². The van der Waals surface area contributed by atoms with Gasteiger partial charge in [0.15, 0.2) is 4.80 Å². The van der Waals surface area contributed by atoms with Crippen LogP contribution in [0.2, 0.25) is 5.02 Å². The van der Waals surface area contributed by atoms with Gasteiger partial charge in [0.1, 0.15) is 5.82 Å².